The number of carbonyl (C=O) groups excluding carboxylic acids is 2. The number of hydrogen-bond donors (Lipinski definition) is 1. The van der Waals surface area contributed by atoms with E-state index in [4.69, 9.17) is 13.9 Å². The maximum atomic E-state index is 12.1. The van der Waals surface area contributed by atoms with Crippen LogP contribution in [-0.4, -0.2) is 36.4 Å². The second-order valence-electron chi connectivity index (χ2n) is 7.41. The van der Waals surface area contributed by atoms with Gasteiger partial charge in [0.2, 0.25) is 0 Å². The van der Waals surface area contributed by atoms with E-state index in [1.165, 1.54) is 13.2 Å². The van der Waals surface area contributed by atoms with Crippen LogP contribution in [-0.2, 0) is 20.7 Å². The number of carbonyl (C=O) groups is 2. The highest BCUT2D eigenvalue weighted by Crippen LogP contribution is 2.30. The molecule has 0 unspecified atom stereocenters. The number of cyclic esters (lactones) is 1. The molecule has 29 heavy (non-hydrogen) atoms. The SMILES string of the molecule is C=Cc1cc(C(=O)OC)c(C[C@@H](C[C@H](O)C2=C[C@H](CC(=C)C)OC2=O)C(=C)C)o1. The van der Waals surface area contributed by atoms with Gasteiger partial charge in [-0.25, -0.2) is 9.59 Å². The minimum Gasteiger partial charge on any atom is -0.465 e. The molecule has 0 radical (unpaired) electrons. The molecule has 6 nitrogen and oxygen atoms in total. The van der Waals surface area contributed by atoms with Crippen LogP contribution >= 0.6 is 0 Å². The molecule has 0 amide bonds. The molecule has 0 bridgehead atoms. The van der Waals surface area contributed by atoms with Gasteiger partial charge in [-0.1, -0.05) is 30.9 Å². The van der Waals surface area contributed by atoms with E-state index < -0.39 is 24.1 Å². The zero-order valence-corrected chi connectivity index (χ0v) is 17.2. The fraction of sp³-hybridized carbons (Fsp3) is 0.391. The van der Waals surface area contributed by atoms with Gasteiger partial charge in [-0.3, -0.25) is 0 Å². The van der Waals surface area contributed by atoms with E-state index in [-0.39, 0.29) is 17.9 Å². The average Bonchev–Trinajstić information content (AvgIpc) is 3.22. The van der Waals surface area contributed by atoms with Crippen molar-refractivity contribution < 1.29 is 28.6 Å². The Morgan fingerprint density at radius 3 is 2.62 bits per heavy atom. The number of rotatable bonds is 10. The third-order valence-electron chi connectivity index (χ3n) is 4.84. The summed E-state index contributed by atoms with van der Waals surface area (Å²) in [6.45, 7) is 15.1. The standard InChI is InChI=1S/C23H28O6/c1-7-16-11-19(22(25)27-6)21(28-16)10-15(14(4)5)9-20(24)18-12-17(8-13(2)3)29-23(18)26/h7,11-12,15,17,20,24H,1-2,4,8-10H2,3,5-6H3/t15-,17+,20+/m1/s1. The fourth-order valence-electron chi connectivity index (χ4n) is 3.26. The fourth-order valence-corrected chi connectivity index (χ4v) is 3.26. The van der Waals surface area contributed by atoms with E-state index in [2.05, 4.69) is 19.7 Å². The van der Waals surface area contributed by atoms with Crippen molar-refractivity contribution in [3.05, 3.63) is 65.7 Å². The lowest BCUT2D eigenvalue weighted by atomic mass is 9.87. The Bertz CT molecular complexity index is 857. The van der Waals surface area contributed by atoms with Crippen molar-refractivity contribution >= 4 is 18.0 Å². The Kier molecular flexibility index (Phi) is 7.40. The lowest BCUT2D eigenvalue weighted by Gasteiger charge is -2.20. The number of allylic oxidation sites excluding steroid dienone is 1. The van der Waals surface area contributed by atoms with Gasteiger partial charge in [0.05, 0.1) is 18.8 Å². The van der Waals surface area contributed by atoms with Gasteiger partial charge in [0.1, 0.15) is 23.2 Å². The first-order chi connectivity index (χ1) is 13.7. The lowest BCUT2D eigenvalue weighted by Crippen LogP contribution is -2.22. The first-order valence-corrected chi connectivity index (χ1v) is 9.40. The van der Waals surface area contributed by atoms with Crippen molar-refractivity contribution in [2.75, 3.05) is 7.11 Å². The minimum atomic E-state index is -1.02. The molecule has 0 spiro atoms. The van der Waals surface area contributed by atoms with E-state index in [9.17, 15) is 14.7 Å². The maximum absolute atomic E-state index is 12.1. The Morgan fingerprint density at radius 2 is 2.07 bits per heavy atom. The number of aliphatic hydroxyl groups is 1. The number of furan rings is 1. The molecule has 1 aromatic heterocycles. The Balaban J connectivity index is 2.19. The van der Waals surface area contributed by atoms with Crippen LogP contribution in [0.25, 0.3) is 6.08 Å². The van der Waals surface area contributed by atoms with Gasteiger partial charge in [0.15, 0.2) is 0 Å². The molecule has 0 aromatic carbocycles. The third kappa shape index (κ3) is 5.57. The average molecular weight is 400 g/mol. The van der Waals surface area contributed by atoms with Crippen LogP contribution < -0.4 is 0 Å². The van der Waals surface area contributed by atoms with Crippen molar-refractivity contribution in [2.45, 2.75) is 45.3 Å². The molecule has 156 valence electrons. The Hall–Kier alpha value is -2.86. The highest BCUT2D eigenvalue weighted by Gasteiger charge is 2.32. The molecule has 0 aliphatic carbocycles. The van der Waals surface area contributed by atoms with Gasteiger partial charge < -0.3 is 19.0 Å². The number of methoxy groups -OCH3 is 1. The summed E-state index contributed by atoms with van der Waals surface area (Å²) in [5, 5.41) is 10.7. The second-order valence-corrected chi connectivity index (χ2v) is 7.41. The molecule has 2 heterocycles. The van der Waals surface area contributed by atoms with Crippen molar-refractivity contribution in [1.82, 2.24) is 0 Å². The van der Waals surface area contributed by atoms with Crippen molar-refractivity contribution in [3.63, 3.8) is 0 Å². The summed E-state index contributed by atoms with van der Waals surface area (Å²) >= 11 is 0. The molecular weight excluding hydrogens is 372 g/mol. The van der Waals surface area contributed by atoms with Gasteiger partial charge in [0.25, 0.3) is 0 Å². The van der Waals surface area contributed by atoms with Crippen molar-refractivity contribution in [2.24, 2.45) is 5.92 Å². The summed E-state index contributed by atoms with van der Waals surface area (Å²) in [5.74, 6) is -0.388. The summed E-state index contributed by atoms with van der Waals surface area (Å²) in [4.78, 5) is 24.2. The van der Waals surface area contributed by atoms with Gasteiger partial charge >= 0.3 is 11.9 Å². The van der Waals surface area contributed by atoms with Crippen LogP contribution in [0.1, 0.15) is 48.6 Å². The van der Waals surface area contributed by atoms with Crippen LogP contribution in [0.3, 0.4) is 0 Å². The molecule has 1 aromatic rings. The van der Waals surface area contributed by atoms with E-state index in [0.29, 0.717) is 29.9 Å². The number of hydrogen-bond acceptors (Lipinski definition) is 6. The van der Waals surface area contributed by atoms with Gasteiger partial charge in [0, 0.05) is 12.8 Å². The molecule has 1 N–H and O–H groups in total. The zero-order valence-electron chi connectivity index (χ0n) is 17.2. The lowest BCUT2D eigenvalue weighted by molar-refractivity contribution is -0.140. The maximum Gasteiger partial charge on any atom is 0.341 e. The molecule has 0 fully saturated rings. The van der Waals surface area contributed by atoms with E-state index in [1.54, 1.807) is 12.1 Å². The molecule has 3 atom stereocenters. The van der Waals surface area contributed by atoms with E-state index >= 15 is 0 Å². The molecular formula is C23H28O6. The van der Waals surface area contributed by atoms with Crippen LogP contribution in [0.15, 0.2) is 53.0 Å². The number of ether oxygens (including phenoxy) is 2. The van der Waals surface area contributed by atoms with Crippen LogP contribution in [0, 0.1) is 5.92 Å². The molecule has 2 rings (SSSR count). The third-order valence-corrected chi connectivity index (χ3v) is 4.84. The monoisotopic (exact) mass is 400 g/mol. The predicted octanol–water partition coefficient (Wildman–Crippen LogP) is 4.01. The van der Waals surface area contributed by atoms with E-state index in [1.807, 2.05) is 13.8 Å². The van der Waals surface area contributed by atoms with Crippen LogP contribution in [0.2, 0.25) is 0 Å². The van der Waals surface area contributed by atoms with Crippen LogP contribution in [0.4, 0.5) is 0 Å². The topological polar surface area (TPSA) is 86.0 Å². The highest BCUT2D eigenvalue weighted by atomic mass is 16.5. The summed E-state index contributed by atoms with van der Waals surface area (Å²) in [7, 11) is 1.30. The Morgan fingerprint density at radius 1 is 1.38 bits per heavy atom. The van der Waals surface area contributed by atoms with Gasteiger partial charge in [-0.05, 0) is 44.4 Å². The van der Waals surface area contributed by atoms with Crippen LogP contribution in [0.5, 0.6) is 0 Å². The Labute approximate surface area is 171 Å². The molecule has 6 heteroatoms. The zero-order chi connectivity index (χ0) is 21.7. The van der Waals surface area contributed by atoms with Gasteiger partial charge in [-0.2, -0.15) is 0 Å². The largest absolute Gasteiger partial charge is 0.465 e. The van der Waals surface area contributed by atoms with Crippen molar-refractivity contribution in [1.29, 1.82) is 0 Å². The smallest absolute Gasteiger partial charge is 0.341 e. The second kappa shape index (κ2) is 9.56. The molecule has 0 saturated carbocycles. The summed E-state index contributed by atoms with van der Waals surface area (Å²) < 4.78 is 15.8. The predicted molar refractivity (Wildman–Crippen MR) is 110 cm³/mol. The normalized spacial score (nSPS) is 17.9. The van der Waals surface area contributed by atoms with E-state index in [0.717, 1.165) is 11.1 Å². The summed E-state index contributed by atoms with van der Waals surface area (Å²) in [6.07, 6.45) is 2.81. The number of esters is 2. The number of aliphatic hydroxyl groups excluding tert-OH is 1. The molecule has 1 aliphatic heterocycles. The van der Waals surface area contributed by atoms with Crippen molar-refractivity contribution in [3.8, 4) is 0 Å². The highest BCUT2D eigenvalue weighted by molar-refractivity contribution is 5.92. The molecule has 0 saturated heterocycles. The first kappa shape index (κ1) is 22.4. The minimum absolute atomic E-state index is 0.230. The molecule has 1 aliphatic rings. The first-order valence-electron chi connectivity index (χ1n) is 9.40. The summed E-state index contributed by atoms with van der Waals surface area (Å²) in [6, 6.07) is 1.57. The summed E-state index contributed by atoms with van der Waals surface area (Å²) in [5.41, 5.74) is 2.23. The van der Waals surface area contributed by atoms with Gasteiger partial charge in [-0.15, -0.1) is 0 Å². The quantitative estimate of drug-likeness (QED) is 0.472.